The summed E-state index contributed by atoms with van der Waals surface area (Å²) in [6.45, 7) is 1.57. The van der Waals surface area contributed by atoms with Crippen LogP contribution in [0.1, 0.15) is 12.8 Å². The number of rotatable bonds is 3. The van der Waals surface area contributed by atoms with Crippen LogP contribution in [0.4, 0.5) is 18.9 Å². The summed E-state index contributed by atoms with van der Waals surface area (Å²) in [6, 6.07) is 1.08. The zero-order chi connectivity index (χ0) is 13.1. The maximum absolute atomic E-state index is 13.3. The number of carbonyl (C=O) groups excluding carboxylic acids is 1. The van der Waals surface area contributed by atoms with Gasteiger partial charge in [0.2, 0.25) is 5.91 Å². The van der Waals surface area contributed by atoms with Crippen molar-refractivity contribution in [3.05, 3.63) is 29.6 Å². The van der Waals surface area contributed by atoms with Crippen molar-refractivity contribution in [2.24, 2.45) is 5.92 Å². The van der Waals surface area contributed by atoms with Crippen LogP contribution >= 0.6 is 0 Å². The van der Waals surface area contributed by atoms with E-state index in [2.05, 4.69) is 10.6 Å². The first-order chi connectivity index (χ1) is 8.56. The van der Waals surface area contributed by atoms with Crippen molar-refractivity contribution in [2.45, 2.75) is 12.8 Å². The van der Waals surface area contributed by atoms with Crippen LogP contribution in [0.2, 0.25) is 0 Å². The van der Waals surface area contributed by atoms with Crippen LogP contribution in [0.25, 0.3) is 0 Å². The lowest BCUT2D eigenvalue weighted by molar-refractivity contribution is -0.117. The normalized spacial score (nSPS) is 18.9. The molecular weight excluding hydrogens is 245 g/mol. The summed E-state index contributed by atoms with van der Waals surface area (Å²) in [6.07, 6.45) is 1.06. The van der Waals surface area contributed by atoms with Gasteiger partial charge in [-0.1, -0.05) is 0 Å². The van der Waals surface area contributed by atoms with Crippen LogP contribution in [0.15, 0.2) is 12.1 Å². The molecule has 1 aliphatic heterocycles. The van der Waals surface area contributed by atoms with Crippen molar-refractivity contribution < 1.29 is 18.0 Å². The largest absolute Gasteiger partial charge is 0.321 e. The van der Waals surface area contributed by atoms with Gasteiger partial charge in [0.15, 0.2) is 11.6 Å². The van der Waals surface area contributed by atoms with Gasteiger partial charge in [-0.25, -0.2) is 13.2 Å². The molecule has 1 unspecified atom stereocenters. The van der Waals surface area contributed by atoms with Crippen LogP contribution < -0.4 is 10.6 Å². The van der Waals surface area contributed by atoms with Crippen LogP contribution in [0.3, 0.4) is 0 Å². The number of hydrogen-bond acceptors (Lipinski definition) is 2. The number of amides is 1. The van der Waals surface area contributed by atoms with E-state index in [0.717, 1.165) is 19.5 Å². The van der Waals surface area contributed by atoms with Gasteiger partial charge in [-0.2, -0.15) is 0 Å². The molecule has 0 radical (unpaired) electrons. The smallest absolute Gasteiger partial charge is 0.224 e. The van der Waals surface area contributed by atoms with E-state index in [1.165, 1.54) is 0 Å². The van der Waals surface area contributed by atoms with Crippen molar-refractivity contribution in [3.63, 3.8) is 0 Å². The number of halogens is 3. The molecule has 3 nitrogen and oxygen atoms in total. The lowest BCUT2D eigenvalue weighted by Crippen LogP contribution is -2.19. The summed E-state index contributed by atoms with van der Waals surface area (Å²) in [5.74, 6) is -3.51. The number of hydrogen-bond donors (Lipinski definition) is 2. The SMILES string of the molecule is O=C(CC1CCNC1)Nc1c(F)cc(F)cc1F. The molecule has 1 heterocycles. The van der Waals surface area contributed by atoms with Crippen LogP contribution in [-0.4, -0.2) is 19.0 Å². The Morgan fingerprint density at radius 1 is 1.33 bits per heavy atom. The molecule has 98 valence electrons. The lowest BCUT2D eigenvalue weighted by atomic mass is 10.0. The highest BCUT2D eigenvalue weighted by molar-refractivity contribution is 5.91. The maximum atomic E-state index is 13.3. The van der Waals surface area contributed by atoms with E-state index in [1.54, 1.807) is 0 Å². The fourth-order valence-electron chi connectivity index (χ4n) is 2.00. The molecule has 2 N–H and O–H groups in total. The first-order valence-electron chi connectivity index (χ1n) is 5.71. The van der Waals surface area contributed by atoms with Gasteiger partial charge in [-0.05, 0) is 25.4 Å². The summed E-state index contributed by atoms with van der Waals surface area (Å²) in [5, 5.41) is 5.24. The molecule has 6 heteroatoms. The lowest BCUT2D eigenvalue weighted by Gasteiger charge is -2.10. The third-order valence-electron chi connectivity index (χ3n) is 2.91. The Bertz CT molecular complexity index is 436. The molecule has 1 aromatic carbocycles. The molecule has 1 amide bonds. The molecule has 1 aromatic rings. The molecule has 2 rings (SSSR count). The topological polar surface area (TPSA) is 41.1 Å². The average Bonchev–Trinajstić information content (AvgIpc) is 2.76. The Morgan fingerprint density at radius 3 is 2.56 bits per heavy atom. The second kappa shape index (κ2) is 5.39. The van der Waals surface area contributed by atoms with Crippen molar-refractivity contribution >= 4 is 11.6 Å². The van der Waals surface area contributed by atoms with Crippen molar-refractivity contribution in [2.75, 3.05) is 18.4 Å². The van der Waals surface area contributed by atoms with Gasteiger partial charge in [0.1, 0.15) is 11.5 Å². The number of carbonyl (C=O) groups is 1. The van der Waals surface area contributed by atoms with E-state index in [0.29, 0.717) is 12.1 Å². The first kappa shape index (κ1) is 12.9. The van der Waals surface area contributed by atoms with Crippen molar-refractivity contribution in [3.8, 4) is 0 Å². The number of benzene rings is 1. The quantitative estimate of drug-likeness (QED) is 0.871. The summed E-state index contributed by atoms with van der Waals surface area (Å²) in [7, 11) is 0. The zero-order valence-electron chi connectivity index (χ0n) is 9.60. The Kier molecular flexibility index (Phi) is 3.86. The highest BCUT2D eigenvalue weighted by Gasteiger charge is 2.20. The van der Waals surface area contributed by atoms with E-state index >= 15 is 0 Å². The highest BCUT2D eigenvalue weighted by atomic mass is 19.1. The minimum Gasteiger partial charge on any atom is -0.321 e. The van der Waals surface area contributed by atoms with Crippen LogP contribution in [0, 0.1) is 23.4 Å². The second-order valence-corrected chi connectivity index (χ2v) is 4.36. The van der Waals surface area contributed by atoms with E-state index in [-0.39, 0.29) is 12.3 Å². The van der Waals surface area contributed by atoms with Gasteiger partial charge in [0, 0.05) is 18.6 Å². The third kappa shape index (κ3) is 3.01. The van der Waals surface area contributed by atoms with Crippen LogP contribution in [0.5, 0.6) is 0 Å². The molecular formula is C12H13F3N2O. The molecule has 1 saturated heterocycles. The highest BCUT2D eigenvalue weighted by Crippen LogP contribution is 2.21. The summed E-state index contributed by atoms with van der Waals surface area (Å²) in [5.41, 5.74) is -0.590. The molecule has 0 bridgehead atoms. The fourth-order valence-corrected chi connectivity index (χ4v) is 2.00. The number of anilines is 1. The Morgan fingerprint density at radius 2 is 2.00 bits per heavy atom. The van der Waals surface area contributed by atoms with E-state index in [9.17, 15) is 18.0 Å². The van der Waals surface area contributed by atoms with E-state index in [4.69, 9.17) is 0 Å². The predicted octanol–water partition coefficient (Wildman–Crippen LogP) is 2.04. The third-order valence-corrected chi connectivity index (χ3v) is 2.91. The molecule has 0 saturated carbocycles. The van der Waals surface area contributed by atoms with E-state index in [1.807, 2.05) is 0 Å². The monoisotopic (exact) mass is 258 g/mol. The molecule has 0 aliphatic carbocycles. The van der Waals surface area contributed by atoms with Gasteiger partial charge in [-0.15, -0.1) is 0 Å². The molecule has 1 aliphatic rings. The average molecular weight is 258 g/mol. The first-order valence-corrected chi connectivity index (χ1v) is 5.71. The van der Waals surface area contributed by atoms with Gasteiger partial charge in [0.05, 0.1) is 0 Å². The summed E-state index contributed by atoms with van der Waals surface area (Å²) in [4.78, 5) is 11.6. The fraction of sp³-hybridized carbons (Fsp3) is 0.417. The Labute approximate surface area is 102 Å². The summed E-state index contributed by atoms with van der Waals surface area (Å²) < 4.78 is 39.2. The van der Waals surface area contributed by atoms with Crippen molar-refractivity contribution in [1.82, 2.24) is 5.32 Å². The Balaban J connectivity index is 2.02. The second-order valence-electron chi connectivity index (χ2n) is 4.36. The van der Waals surface area contributed by atoms with Gasteiger partial charge >= 0.3 is 0 Å². The molecule has 0 aromatic heterocycles. The number of nitrogens with one attached hydrogen (secondary N) is 2. The maximum Gasteiger partial charge on any atom is 0.224 e. The van der Waals surface area contributed by atoms with Gasteiger partial charge in [-0.3, -0.25) is 4.79 Å². The standard InChI is InChI=1S/C12H13F3N2O/c13-8-4-9(14)12(10(15)5-8)17-11(18)3-7-1-2-16-6-7/h4-5,7,16H,1-3,6H2,(H,17,18). The molecule has 0 spiro atoms. The Hall–Kier alpha value is -1.56. The molecule has 18 heavy (non-hydrogen) atoms. The summed E-state index contributed by atoms with van der Waals surface area (Å²) >= 11 is 0. The molecule has 1 fully saturated rings. The van der Waals surface area contributed by atoms with E-state index < -0.39 is 29.0 Å². The molecule has 1 atom stereocenters. The predicted molar refractivity (Wildman–Crippen MR) is 60.5 cm³/mol. The minimum atomic E-state index is -1.11. The van der Waals surface area contributed by atoms with Crippen LogP contribution in [-0.2, 0) is 4.79 Å². The van der Waals surface area contributed by atoms with Gasteiger partial charge < -0.3 is 10.6 Å². The van der Waals surface area contributed by atoms with Crippen molar-refractivity contribution in [1.29, 1.82) is 0 Å². The zero-order valence-corrected chi connectivity index (χ0v) is 9.60. The van der Waals surface area contributed by atoms with Gasteiger partial charge in [0.25, 0.3) is 0 Å². The minimum absolute atomic E-state index is 0.177.